The summed E-state index contributed by atoms with van der Waals surface area (Å²) in [4.78, 5) is 32.9. The number of amides is 1. The largest absolute Gasteiger partial charge is 0.480 e. The Bertz CT molecular complexity index is 455. The molecule has 0 saturated heterocycles. The molecule has 1 unspecified atom stereocenters. The molecule has 1 aromatic rings. The van der Waals surface area contributed by atoms with Gasteiger partial charge in [0, 0.05) is 18.2 Å². The van der Waals surface area contributed by atoms with Crippen molar-refractivity contribution in [1.29, 1.82) is 0 Å². The van der Waals surface area contributed by atoms with Gasteiger partial charge in [0.2, 0.25) is 5.91 Å². The Kier molecular flexibility index (Phi) is 4.28. The molecule has 1 amide bonds. The van der Waals surface area contributed by atoms with Crippen molar-refractivity contribution in [1.82, 2.24) is 0 Å². The normalized spacial score (nSPS) is 11.6. The molecule has 1 atom stereocenters. The summed E-state index contributed by atoms with van der Waals surface area (Å²) in [5.41, 5.74) is 0.779. The lowest BCUT2D eigenvalue weighted by Gasteiger charge is -2.06. The molecule has 0 aliphatic rings. The van der Waals surface area contributed by atoms with E-state index in [1.54, 1.807) is 0 Å². The van der Waals surface area contributed by atoms with E-state index in [2.05, 4.69) is 17.9 Å². The number of rotatable bonds is 4. The first-order valence-corrected chi connectivity index (χ1v) is 5.26. The number of Topliss-reactive ketones (excluding diaryl/α,β-unsaturated/α-hetero) is 1. The maximum absolute atomic E-state index is 11.6. The van der Waals surface area contributed by atoms with Gasteiger partial charge in [-0.3, -0.25) is 14.4 Å². The average Bonchev–Trinajstić information content (AvgIpc) is 2.27. The number of aliphatic carboxylic acids is 1. The summed E-state index contributed by atoms with van der Waals surface area (Å²) < 4.78 is 0. The smallest absolute Gasteiger partial charge is 0.324 e. The quantitative estimate of drug-likeness (QED) is 0.428. The Morgan fingerprint density at radius 2 is 1.76 bits per heavy atom. The second-order valence-electron chi connectivity index (χ2n) is 3.36. The predicted molar refractivity (Wildman–Crippen MR) is 65.5 cm³/mol. The molecule has 0 bridgehead atoms. The lowest BCUT2D eigenvalue weighted by atomic mass is 10.1. The van der Waals surface area contributed by atoms with Crippen LogP contribution in [0.3, 0.4) is 0 Å². The lowest BCUT2D eigenvalue weighted by molar-refractivity contribution is -0.135. The van der Waals surface area contributed by atoms with Crippen LogP contribution in [0.5, 0.6) is 0 Å². The molecule has 1 rings (SSSR count). The fourth-order valence-electron chi connectivity index (χ4n) is 1.19. The van der Waals surface area contributed by atoms with Crippen molar-refractivity contribution in [2.45, 2.75) is 12.2 Å². The van der Waals surface area contributed by atoms with Gasteiger partial charge >= 0.3 is 5.97 Å². The average molecular weight is 253 g/mol. The maximum atomic E-state index is 11.6. The van der Waals surface area contributed by atoms with Gasteiger partial charge in [0.25, 0.3) is 0 Å². The number of benzene rings is 1. The fourth-order valence-corrected chi connectivity index (χ4v) is 1.34. The third-order valence-corrected chi connectivity index (χ3v) is 2.43. The Balaban J connectivity index is 2.84. The van der Waals surface area contributed by atoms with Crippen LogP contribution in [0.4, 0.5) is 5.69 Å². The summed E-state index contributed by atoms with van der Waals surface area (Å²) in [6, 6.07) is 5.94. The number of thiol groups is 1. The van der Waals surface area contributed by atoms with Gasteiger partial charge in [-0.05, 0) is 24.3 Å². The van der Waals surface area contributed by atoms with Crippen LogP contribution in [0, 0.1) is 0 Å². The van der Waals surface area contributed by atoms with E-state index in [0.717, 1.165) is 0 Å². The van der Waals surface area contributed by atoms with E-state index in [-0.39, 0.29) is 11.5 Å². The van der Waals surface area contributed by atoms with Gasteiger partial charge in [0.05, 0.1) is 0 Å². The van der Waals surface area contributed by atoms with E-state index in [9.17, 15) is 14.4 Å². The molecule has 5 nitrogen and oxygen atoms in total. The first kappa shape index (κ1) is 13.2. The minimum atomic E-state index is -1.37. The van der Waals surface area contributed by atoms with Gasteiger partial charge in [0.15, 0.2) is 11.0 Å². The summed E-state index contributed by atoms with van der Waals surface area (Å²) in [5, 5.41) is 9.80. The zero-order chi connectivity index (χ0) is 13.0. The van der Waals surface area contributed by atoms with Gasteiger partial charge in [0.1, 0.15) is 0 Å². The number of anilines is 1. The van der Waals surface area contributed by atoms with Crippen molar-refractivity contribution in [3.63, 3.8) is 0 Å². The molecule has 90 valence electrons. The van der Waals surface area contributed by atoms with Crippen LogP contribution >= 0.6 is 12.6 Å². The van der Waals surface area contributed by atoms with E-state index >= 15 is 0 Å². The molecule has 17 heavy (non-hydrogen) atoms. The van der Waals surface area contributed by atoms with Crippen LogP contribution in [-0.2, 0) is 9.59 Å². The number of carboxylic acid groups (broad SMARTS) is 1. The first-order valence-electron chi connectivity index (χ1n) is 4.74. The van der Waals surface area contributed by atoms with Crippen molar-refractivity contribution in [3.05, 3.63) is 29.8 Å². The van der Waals surface area contributed by atoms with E-state index in [1.165, 1.54) is 31.2 Å². The summed E-state index contributed by atoms with van der Waals surface area (Å²) in [5.74, 6) is -2.10. The highest BCUT2D eigenvalue weighted by atomic mass is 32.1. The van der Waals surface area contributed by atoms with Crippen molar-refractivity contribution < 1.29 is 19.5 Å². The molecule has 0 heterocycles. The molecule has 0 radical (unpaired) electrons. The molecule has 6 heteroatoms. The van der Waals surface area contributed by atoms with Gasteiger partial charge in [-0.15, -0.1) is 0 Å². The number of nitrogens with one attached hydrogen (secondary N) is 1. The first-order chi connectivity index (χ1) is 7.91. The zero-order valence-electron chi connectivity index (χ0n) is 9.01. The third-order valence-electron chi connectivity index (χ3n) is 1.97. The fraction of sp³-hybridized carbons (Fsp3) is 0.182. The second-order valence-corrected chi connectivity index (χ2v) is 3.88. The lowest BCUT2D eigenvalue weighted by Crippen LogP contribution is -2.24. The van der Waals surface area contributed by atoms with Crippen molar-refractivity contribution >= 4 is 36.0 Å². The summed E-state index contributed by atoms with van der Waals surface area (Å²) in [6.45, 7) is 1.37. The Labute approximate surface area is 103 Å². The minimum Gasteiger partial charge on any atom is -0.480 e. The van der Waals surface area contributed by atoms with Gasteiger partial charge in [-0.1, -0.05) is 0 Å². The van der Waals surface area contributed by atoms with Crippen LogP contribution in [0.2, 0.25) is 0 Å². The summed E-state index contributed by atoms with van der Waals surface area (Å²) in [6.07, 6.45) is 0. The number of hydrogen-bond donors (Lipinski definition) is 3. The van der Waals surface area contributed by atoms with E-state index in [1.807, 2.05) is 0 Å². The highest BCUT2D eigenvalue weighted by Crippen LogP contribution is 2.13. The number of carbonyl (C=O) groups excluding carboxylic acids is 2. The van der Waals surface area contributed by atoms with Crippen LogP contribution in [0.15, 0.2) is 24.3 Å². The summed E-state index contributed by atoms with van der Waals surface area (Å²) >= 11 is 3.69. The van der Waals surface area contributed by atoms with Crippen molar-refractivity contribution in [3.8, 4) is 0 Å². The summed E-state index contributed by atoms with van der Waals surface area (Å²) in [7, 11) is 0. The Morgan fingerprint density at radius 3 is 2.18 bits per heavy atom. The topological polar surface area (TPSA) is 83.5 Å². The van der Waals surface area contributed by atoms with Crippen molar-refractivity contribution in [2.75, 3.05) is 5.32 Å². The molecule has 0 saturated carbocycles. The van der Waals surface area contributed by atoms with E-state index in [4.69, 9.17) is 5.11 Å². The molecule has 0 aromatic heterocycles. The molecule has 0 aliphatic heterocycles. The zero-order valence-corrected chi connectivity index (χ0v) is 9.90. The van der Waals surface area contributed by atoms with Crippen LogP contribution in [0.1, 0.15) is 17.3 Å². The number of carbonyl (C=O) groups is 3. The molecule has 2 N–H and O–H groups in total. The minimum absolute atomic E-state index is 0.221. The van der Waals surface area contributed by atoms with Crippen LogP contribution in [-0.4, -0.2) is 28.0 Å². The Hall–Kier alpha value is -1.82. The second kappa shape index (κ2) is 5.49. The third kappa shape index (κ3) is 3.60. The Morgan fingerprint density at radius 1 is 1.24 bits per heavy atom. The highest BCUT2D eigenvalue weighted by Gasteiger charge is 2.22. The van der Waals surface area contributed by atoms with E-state index < -0.39 is 17.0 Å². The standard InChI is InChI=1S/C11H11NO4S/c1-6(13)12-8-4-2-7(3-5-8)9(14)10(17)11(15)16/h2-5,10,17H,1H3,(H,12,13)(H,15,16). The van der Waals surface area contributed by atoms with Gasteiger partial charge in [-0.2, -0.15) is 12.6 Å². The van der Waals surface area contributed by atoms with Crippen LogP contribution < -0.4 is 5.32 Å². The van der Waals surface area contributed by atoms with Gasteiger partial charge < -0.3 is 10.4 Å². The molecular formula is C11H11NO4S. The molecule has 1 aromatic carbocycles. The molecule has 0 aliphatic carbocycles. The number of carboxylic acids is 1. The monoisotopic (exact) mass is 253 g/mol. The number of ketones is 1. The molecule has 0 spiro atoms. The van der Waals surface area contributed by atoms with Crippen LogP contribution in [0.25, 0.3) is 0 Å². The maximum Gasteiger partial charge on any atom is 0.324 e. The molecular weight excluding hydrogens is 242 g/mol. The van der Waals surface area contributed by atoms with Gasteiger partial charge in [-0.25, -0.2) is 0 Å². The SMILES string of the molecule is CC(=O)Nc1ccc(C(=O)C(S)C(=O)O)cc1. The van der Waals surface area contributed by atoms with E-state index in [0.29, 0.717) is 5.69 Å². The predicted octanol–water partition coefficient (Wildman–Crippen LogP) is 1.21. The number of hydrogen-bond acceptors (Lipinski definition) is 4. The van der Waals surface area contributed by atoms with Crippen molar-refractivity contribution in [2.24, 2.45) is 0 Å². The highest BCUT2D eigenvalue weighted by molar-refractivity contribution is 7.82. The molecule has 0 fully saturated rings.